The first kappa shape index (κ1) is 20.7. The van der Waals surface area contributed by atoms with Gasteiger partial charge in [-0.1, -0.05) is 61.5 Å². The molecule has 160 valence electrons. The summed E-state index contributed by atoms with van der Waals surface area (Å²) in [5, 5.41) is 19.0. The monoisotopic (exact) mass is 418 g/mol. The number of carbonyl (C=O) groups excluding carboxylic acids is 1. The lowest BCUT2D eigenvalue weighted by atomic mass is 10.0. The first-order chi connectivity index (χ1) is 15.0. The quantitative estimate of drug-likeness (QED) is 0.392. The Morgan fingerprint density at radius 3 is 2.77 bits per heavy atom. The fraction of sp³-hybridized carbons (Fsp3) is 0.304. The number of benzene rings is 2. The third-order valence-electron chi connectivity index (χ3n) is 5.34. The molecule has 0 bridgehead atoms. The maximum Gasteiger partial charge on any atom is 0.247 e. The van der Waals surface area contributed by atoms with Crippen LogP contribution in [0.3, 0.4) is 0 Å². The molecule has 1 aliphatic heterocycles. The van der Waals surface area contributed by atoms with Crippen molar-refractivity contribution in [2.45, 2.75) is 32.7 Å². The SMILES string of the molecule is CC(C)C(c1nc2c(Cc3ccccc3)cccc2[nH]1)N1C/C(=C/CC(=O)NO)N=N1. The first-order valence-corrected chi connectivity index (χ1v) is 10.4. The van der Waals surface area contributed by atoms with E-state index in [-0.39, 0.29) is 18.4 Å². The van der Waals surface area contributed by atoms with Crippen LogP contribution in [0.1, 0.15) is 43.3 Å². The molecule has 1 atom stereocenters. The lowest BCUT2D eigenvalue weighted by Gasteiger charge is -2.26. The molecular weight excluding hydrogens is 392 g/mol. The molecule has 0 aliphatic carbocycles. The predicted molar refractivity (Wildman–Crippen MR) is 117 cm³/mol. The summed E-state index contributed by atoms with van der Waals surface area (Å²) in [4.78, 5) is 19.7. The number of amides is 1. The standard InChI is InChI=1S/C23H26N6O2/c1-15(2)22(29-14-18(26-28-29)11-12-20(30)27-31)23-24-19-10-6-9-17(21(19)25-23)13-16-7-4-3-5-8-16/h3-11,15,22,31H,12-14H2,1-2H3,(H,24,25)(H,27,30)/b18-11-. The molecule has 8 nitrogen and oxygen atoms in total. The maximum atomic E-state index is 11.3. The Hall–Kier alpha value is -3.52. The third kappa shape index (κ3) is 4.64. The van der Waals surface area contributed by atoms with Gasteiger partial charge in [-0.15, -0.1) is 5.11 Å². The van der Waals surface area contributed by atoms with Crippen molar-refractivity contribution < 1.29 is 10.0 Å². The second-order valence-electron chi connectivity index (χ2n) is 8.01. The summed E-state index contributed by atoms with van der Waals surface area (Å²) >= 11 is 0. The van der Waals surface area contributed by atoms with Crippen molar-refractivity contribution >= 4 is 16.9 Å². The van der Waals surface area contributed by atoms with Crippen molar-refractivity contribution in [1.29, 1.82) is 0 Å². The van der Waals surface area contributed by atoms with Crippen LogP contribution in [0.4, 0.5) is 0 Å². The molecule has 31 heavy (non-hydrogen) atoms. The number of para-hydroxylation sites is 1. The fourth-order valence-electron chi connectivity index (χ4n) is 3.87. The normalized spacial score (nSPS) is 15.9. The van der Waals surface area contributed by atoms with Gasteiger partial charge in [0.1, 0.15) is 11.9 Å². The Kier molecular flexibility index (Phi) is 6.08. The number of H-pyrrole nitrogens is 1. The topological polar surface area (TPSA) is 106 Å². The van der Waals surface area contributed by atoms with E-state index in [0.717, 1.165) is 23.3 Å². The van der Waals surface area contributed by atoms with Gasteiger partial charge >= 0.3 is 0 Å². The Morgan fingerprint density at radius 1 is 1.23 bits per heavy atom. The average molecular weight is 419 g/mol. The van der Waals surface area contributed by atoms with Gasteiger partial charge in [0.05, 0.1) is 23.3 Å². The van der Waals surface area contributed by atoms with Crippen molar-refractivity contribution in [3.05, 3.63) is 77.3 Å². The number of hydrogen-bond acceptors (Lipinski definition) is 6. The zero-order chi connectivity index (χ0) is 21.8. The minimum Gasteiger partial charge on any atom is -0.340 e. The smallest absolute Gasteiger partial charge is 0.247 e. The number of imidazole rings is 1. The fourth-order valence-corrected chi connectivity index (χ4v) is 3.87. The molecule has 8 heteroatoms. The van der Waals surface area contributed by atoms with E-state index in [0.29, 0.717) is 12.2 Å². The Labute approximate surface area is 180 Å². The Bertz CT molecular complexity index is 1120. The van der Waals surface area contributed by atoms with Crippen molar-refractivity contribution in [2.24, 2.45) is 16.3 Å². The molecule has 4 rings (SSSR count). The van der Waals surface area contributed by atoms with Gasteiger partial charge in [-0.25, -0.2) is 10.5 Å². The number of hydroxylamine groups is 1. The van der Waals surface area contributed by atoms with E-state index in [9.17, 15) is 4.79 Å². The summed E-state index contributed by atoms with van der Waals surface area (Å²) in [5.74, 6) is 0.598. The van der Waals surface area contributed by atoms with Gasteiger partial charge in [-0.2, -0.15) is 0 Å². The lowest BCUT2D eigenvalue weighted by molar-refractivity contribution is -0.128. The highest BCUT2D eigenvalue weighted by atomic mass is 16.5. The molecule has 0 saturated heterocycles. The van der Waals surface area contributed by atoms with E-state index in [4.69, 9.17) is 10.2 Å². The van der Waals surface area contributed by atoms with Crippen LogP contribution in [0.2, 0.25) is 0 Å². The summed E-state index contributed by atoms with van der Waals surface area (Å²) in [6.45, 7) is 4.73. The summed E-state index contributed by atoms with van der Waals surface area (Å²) in [6.07, 6.45) is 2.54. The molecule has 1 aromatic heterocycles. The number of hydrogen-bond donors (Lipinski definition) is 3. The maximum absolute atomic E-state index is 11.3. The number of nitrogens with zero attached hydrogens (tertiary/aromatic N) is 4. The van der Waals surface area contributed by atoms with Crippen molar-refractivity contribution in [2.75, 3.05) is 6.54 Å². The number of carbonyl (C=O) groups is 1. The minimum atomic E-state index is -0.482. The molecule has 1 amide bonds. The van der Waals surface area contributed by atoms with Crippen LogP contribution >= 0.6 is 0 Å². The van der Waals surface area contributed by atoms with Gasteiger partial charge in [-0.3, -0.25) is 15.0 Å². The van der Waals surface area contributed by atoms with E-state index in [2.05, 4.69) is 53.4 Å². The summed E-state index contributed by atoms with van der Waals surface area (Å²) < 4.78 is 0. The number of nitrogens with one attached hydrogen (secondary N) is 2. The second kappa shape index (κ2) is 9.09. The minimum absolute atomic E-state index is 0.0541. The van der Waals surface area contributed by atoms with Crippen molar-refractivity contribution in [1.82, 2.24) is 20.5 Å². The molecule has 0 fully saturated rings. The van der Waals surface area contributed by atoms with Gasteiger partial charge in [-0.05, 0) is 35.6 Å². The molecule has 3 aromatic rings. The summed E-state index contributed by atoms with van der Waals surface area (Å²) in [5.41, 5.74) is 6.70. The van der Waals surface area contributed by atoms with Gasteiger partial charge in [0, 0.05) is 6.42 Å². The number of aromatic amines is 1. The zero-order valence-corrected chi connectivity index (χ0v) is 17.6. The predicted octanol–water partition coefficient (Wildman–Crippen LogP) is 4.31. The van der Waals surface area contributed by atoms with Gasteiger partial charge in [0.25, 0.3) is 0 Å². The summed E-state index contributed by atoms with van der Waals surface area (Å²) in [7, 11) is 0. The lowest BCUT2D eigenvalue weighted by Crippen LogP contribution is -2.27. The third-order valence-corrected chi connectivity index (χ3v) is 5.34. The number of rotatable bonds is 7. The molecule has 1 aliphatic rings. The van der Waals surface area contributed by atoms with Crippen LogP contribution in [0.15, 0.2) is 70.6 Å². The van der Waals surface area contributed by atoms with Gasteiger partial charge in [0.15, 0.2) is 0 Å². The van der Waals surface area contributed by atoms with E-state index < -0.39 is 5.91 Å². The van der Waals surface area contributed by atoms with Crippen LogP contribution in [-0.4, -0.2) is 32.6 Å². The summed E-state index contributed by atoms with van der Waals surface area (Å²) in [6, 6.07) is 16.5. The Balaban J connectivity index is 1.59. The molecule has 2 aromatic carbocycles. The highest BCUT2D eigenvalue weighted by molar-refractivity contribution is 5.79. The first-order valence-electron chi connectivity index (χ1n) is 10.4. The largest absolute Gasteiger partial charge is 0.340 e. The number of aromatic nitrogens is 2. The van der Waals surface area contributed by atoms with Crippen LogP contribution < -0.4 is 5.48 Å². The molecule has 0 spiro atoms. The molecule has 0 saturated carbocycles. The van der Waals surface area contributed by atoms with Crippen LogP contribution in [0.5, 0.6) is 0 Å². The molecule has 3 N–H and O–H groups in total. The van der Waals surface area contributed by atoms with E-state index in [1.165, 1.54) is 11.1 Å². The van der Waals surface area contributed by atoms with Gasteiger partial charge < -0.3 is 4.98 Å². The highest BCUT2D eigenvalue weighted by Gasteiger charge is 2.30. The highest BCUT2D eigenvalue weighted by Crippen LogP contribution is 2.33. The van der Waals surface area contributed by atoms with E-state index in [1.54, 1.807) is 11.6 Å². The van der Waals surface area contributed by atoms with E-state index in [1.807, 2.05) is 29.3 Å². The van der Waals surface area contributed by atoms with Crippen LogP contribution in [0.25, 0.3) is 11.0 Å². The molecule has 0 radical (unpaired) electrons. The van der Waals surface area contributed by atoms with Crippen molar-refractivity contribution in [3.63, 3.8) is 0 Å². The zero-order valence-electron chi connectivity index (χ0n) is 17.6. The van der Waals surface area contributed by atoms with Crippen LogP contribution in [0, 0.1) is 5.92 Å². The second-order valence-corrected chi connectivity index (χ2v) is 8.01. The molecular formula is C23H26N6O2. The molecule has 1 unspecified atom stereocenters. The van der Waals surface area contributed by atoms with E-state index >= 15 is 0 Å². The van der Waals surface area contributed by atoms with Crippen molar-refractivity contribution in [3.8, 4) is 0 Å². The van der Waals surface area contributed by atoms with Crippen LogP contribution in [-0.2, 0) is 11.2 Å². The Morgan fingerprint density at radius 2 is 2.03 bits per heavy atom. The average Bonchev–Trinajstić information content (AvgIpc) is 3.40. The van der Waals surface area contributed by atoms with Gasteiger partial charge in [0.2, 0.25) is 5.91 Å². The molecule has 2 heterocycles. The number of fused-ring (bicyclic) bond motifs is 1.